The minimum absolute atomic E-state index is 0.0885. The molecule has 2 atom stereocenters. The van der Waals surface area contributed by atoms with E-state index in [0.717, 1.165) is 31.4 Å². The maximum absolute atomic E-state index is 12.2. The lowest BCUT2D eigenvalue weighted by atomic mass is 10.1. The number of carbonyl (C=O) groups excluding carboxylic acids is 2. The van der Waals surface area contributed by atoms with E-state index < -0.39 is 29.7 Å². The molecule has 0 bridgehead atoms. The van der Waals surface area contributed by atoms with Gasteiger partial charge in [-0.15, -0.1) is 0 Å². The average molecular weight is 537 g/mol. The highest BCUT2D eigenvalue weighted by Crippen LogP contribution is 2.14. The molecule has 0 rings (SSSR count). The van der Waals surface area contributed by atoms with Gasteiger partial charge in [-0.25, -0.2) is 4.79 Å². The molecule has 0 aromatic heterocycles. The number of carboxylic acid groups (broad SMARTS) is 1. The van der Waals surface area contributed by atoms with Gasteiger partial charge in [-0.3, -0.25) is 9.59 Å². The summed E-state index contributed by atoms with van der Waals surface area (Å²) in [5.41, 5.74) is 3.61. The summed E-state index contributed by atoms with van der Waals surface area (Å²) in [6, 6.07) is -1.46. The van der Waals surface area contributed by atoms with Crippen LogP contribution in [0.4, 0.5) is 4.79 Å². The number of nitrogens with one attached hydrogen (secondary N) is 2. The molecule has 0 aliphatic rings. The molecule has 3 N–H and O–H groups in total. The first-order valence-electron chi connectivity index (χ1n) is 12.8. The van der Waals surface area contributed by atoms with Gasteiger partial charge in [0.15, 0.2) is 5.78 Å². The predicted molar refractivity (Wildman–Crippen MR) is 155 cm³/mol. The van der Waals surface area contributed by atoms with Crippen LogP contribution in [0, 0.1) is 0 Å². The third-order valence-electron chi connectivity index (χ3n) is 5.30. The van der Waals surface area contributed by atoms with Crippen molar-refractivity contribution in [1.82, 2.24) is 10.6 Å². The molecular weight excluding hydrogens is 488 g/mol. The zero-order chi connectivity index (χ0) is 28.6. The number of thioether (sulfide) groups is 1. The number of ether oxygens (including phenoxy) is 1. The van der Waals surface area contributed by atoms with Crippen molar-refractivity contribution in [2.45, 2.75) is 105 Å². The Labute approximate surface area is 228 Å². The van der Waals surface area contributed by atoms with Crippen molar-refractivity contribution < 1.29 is 24.2 Å². The summed E-state index contributed by atoms with van der Waals surface area (Å²) in [6.45, 7) is 19.1. The molecule has 0 fully saturated rings. The minimum atomic E-state index is -1.10. The molecule has 0 radical (unpaired) electrons. The molecule has 210 valence electrons. The molecule has 0 aromatic rings. The number of hydrogen-bond acceptors (Lipinski definition) is 6. The van der Waals surface area contributed by atoms with Crippen molar-refractivity contribution in [3.8, 4) is 0 Å². The summed E-state index contributed by atoms with van der Waals surface area (Å²) in [6.07, 6.45) is 9.82. The highest BCUT2D eigenvalue weighted by molar-refractivity contribution is 7.99. The van der Waals surface area contributed by atoms with Gasteiger partial charge >= 0.3 is 12.1 Å². The number of rotatable bonds is 17. The number of carbonyl (C=O) groups is 3. The maximum Gasteiger partial charge on any atom is 0.408 e. The van der Waals surface area contributed by atoms with E-state index in [1.54, 1.807) is 32.5 Å². The maximum atomic E-state index is 12.2. The summed E-state index contributed by atoms with van der Waals surface area (Å²) < 4.78 is 5.23. The van der Waals surface area contributed by atoms with Gasteiger partial charge in [-0.2, -0.15) is 11.8 Å². The van der Waals surface area contributed by atoms with Gasteiger partial charge < -0.3 is 20.5 Å². The van der Waals surface area contributed by atoms with E-state index in [2.05, 4.69) is 63.1 Å². The minimum Gasteiger partial charge on any atom is -0.481 e. The largest absolute Gasteiger partial charge is 0.481 e. The van der Waals surface area contributed by atoms with Gasteiger partial charge in [0.25, 0.3) is 0 Å². The zero-order valence-electron chi connectivity index (χ0n) is 24.0. The lowest BCUT2D eigenvalue weighted by molar-refractivity contribution is -0.137. The Morgan fingerprint density at radius 1 is 0.919 bits per heavy atom. The van der Waals surface area contributed by atoms with Gasteiger partial charge in [-0.05, 0) is 81.1 Å². The molecule has 37 heavy (non-hydrogen) atoms. The van der Waals surface area contributed by atoms with E-state index in [-0.39, 0.29) is 17.9 Å². The molecule has 0 aliphatic carbocycles. The highest BCUT2D eigenvalue weighted by Gasteiger charge is 2.25. The fourth-order valence-corrected chi connectivity index (χ4v) is 4.29. The van der Waals surface area contributed by atoms with E-state index in [0.29, 0.717) is 5.75 Å². The molecule has 1 amide bonds. The standard InChI is InChI=1S/C29H48N2O5S/c1-20(2)12-10-13-21(3)14-11-15-22(4)16-17-37-19-26(24(6)32)30-23(5)25(18-27(33)34)31-28(35)36-29(7,8)9/h12,14,16,25-26,30H,5,10-11,13,15,17-19H2,1-4,6-9H3,(H,31,35)(H,33,34)/b21-14+,22-16+. The number of allylic oxidation sites excluding steroid dienone is 5. The van der Waals surface area contributed by atoms with E-state index in [4.69, 9.17) is 4.74 Å². The second-order valence-corrected chi connectivity index (χ2v) is 11.7. The van der Waals surface area contributed by atoms with Crippen LogP contribution in [0.25, 0.3) is 0 Å². The first-order valence-corrected chi connectivity index (χ1v) is 14.0. The number of aliphatic carboxylic acids is 1. The van der Waals surface area contributed by atoms with Crippen molar-refractivity contribution >= 4 is 29.6 Å². The summed E-state index contributed by atoms with van der Waals surface area (Å²) in [5, 5.41) is 14.8. The molecule has 0 aliphatic heterocycles. The van der Waals surface area contributed by atoms with Crippen LogP contribution in [-0.4, -0.2) is 52.1 Å². The third kappa shape index (κ3) is 19.3. The first-order chi connectivity index (χ1) is 17.1. The Bertz CT molecular complexity index is 864. The number of alkyl carbamates (subject to hydrolysis) is 1. The Balaban J connectivity index is 4.78. The average Bonchev–Trinajstić information content (AvgIpc) is 2.73. The molecule has 2 unspecified atom stereocenters. The van der Waals surface area contributed by atoms with Crippen LogP contribution in [0.15, 0.2) is 47.2 Å². The Morgan fingerprint density at radius 3 is 2.00 bits per heavy atom. The quantitative estimate of drug-likeness (QED) is 0.143. The molecule has 0 aromatic carbocycles. The molecular formula is C29H48N2O5S. The van der Waals surface area contributed by atoms with Crippen LogP contribution < -0.4 is 10.6 Å². The van der Waals surface area contributed by atoms with E-state index in [9.17, 15) is 19.5 Å². The van der Waals surface area contributed by atoms with Crippen LogP contribution in [0.5, 0.6) is 0 Å². The fraction of sp³-hybridized carbons (Fsp3) is 0.621. The van der Waals surface area contributed by atoms with Crippen LogP contribution in [0.1, 0.15) is 87.5 Å². The summed E-state index contributed by atoms with van der Waals surface area (Å²) in [7, 11) is 0. The highest BCUT2D eigenvalue weighted by atomic mass is 32.2. The van der Waals surface area contributed by atoms with Crippen molar-refractivity contribution in [2.24, 2.45) is 0 Å². The Hall–Kier alpha value is -2.48. The summed E-state index contributed by atoms with van der Waals surface area (Å²) in [4.78, 5) is 35.7. The summed E-state index contributed by atoms with van der Waals surface area (Å²) >= 11 is 1.61. The monoisotopic (exact) mass is 536 g/mol. The van der Waals surface area contributed by atoms with Crippen molar-refractivity contribution in [2.75, 3.05) is 11.5 Å². The van der Waals surface area contributed by atoms with Gasteiger partial charge in [0, 0.05) is 17.2 Å². The SMILES string of the molecule is C=C(NC(CSC/C=C(\C)CC/C=C(\C)CCC=C(C)C)C(C)=O)C(CC(=O)O)NC(=O)OC(C)(C)C. The third-order valence-corrected chi connectivity index (χ3v) is 6.27. The fourth-order valence-electron chi connectivity index (χ4n) is 3.20. The number of carboxylic acids is 1. The van der Waals surface area contributed by atoms with Crippen molar-refractivity contribution in [1.29, 1.82) is 0 Å². The van der Waals surface area contributed by atoms with Crippen LogP contribution >= 0.6 is 11.8 Å². The normalized spacial score (nSPS) is 13.8. The van der Waals surface area contributed by atoms with Crippen LogP contribution in [-0.2, 0) is 14.3 Å². The van der Waals surface area contributed by atoms with Gasteiger partial charge in [0.05, 0.1) is 18.5 Å². The first kappa shape index (κ1) is 34.5. The second-order valence-electron chi connectivity index (χ2n) is 10.6. The number of ketones is 1. The van der Waals surface area contributed by atoms with Crippen molar-refractivity contribution in [3.05, 3.63) is 47.2 Å². The van der Waals surface area contributed by atoms with Gasteiger partial charge in [0.2, 0.25) is 0 Å². The molecule has 7 nitrogen and oxygen atoms in total. The number of hydrogen-bond donors (Lipinski definition) is 3. The van der Waals surface area contributed by atoms with E-state index >= 15 is 0 Å². The van der Waals surface area contributed by atoms with Crippen LogP contribution in [0.2, 0.25) is 0 Å². The Kier molecular flexibility index (Phi) is 16.7. The molecule has 8 heteroatoms. The lowest BCUT2D eigenvalue weighted by Gasteiger charge is -2.26. The lowest BCUT2D eigenvalue weighted by Crippen LogP contribution is -2.47. The van der Waals surface area contributed by atoms with Gasteiger partial charge in [-0.1, -0.05) is 41.5 Å². The van der Waals surface area contributed by atoms with E-state index in [1.165, 1.54) is 23.6 Å². The molecule has 0 saturated heterocycles. The second kappa shape index (κ2) is 17.9. The smallest absolute Gasteiger partial charge is 0.408 e. The molecule has 0 saturated carbocycles. The number of Topliss-reactive ketones (excluding diaryl/α,β-unsaturated/α-hetero) is 1. The van der Waals surface area contributed by atoms with E-state index in [1.807, 2.05) is 0 Å². The topological polar surface area (TPSA) is 105 Å². The Morgan fingerprint density at radius 2 is 1.49 bits per heavy atom. The summed E-state index contributed by atoms with van der Waals surface area (Å²) in [5.74, 6) is 0.0703. The molecule has 0 heterocycles. The molecule has 0 spiro atoms. The van der Waals surface area contributed by atoms with Crippen LogP contribution in [0.3, 0.4) is 0 Å². The zero-order valence-corrected chi connectivity index (χ0v) is 24.8. The van der Waals surface area contributed by atoms with Gasteiger partial charge in [0.1, 0.15) is 5.60 Å². The number of amides is 1. The predicted octanol–water partition coefficient (Wildman–Crippen LogP) is 6.57. The van der Waals surface area contributed by atoms with Crippen molar-refractivity contribution in [3.63, 3.8) is 0 Å².